The maximum absolute atomic E-state index is 5.94. The van der Waals surface area contributed by atoms with E-state index in [9.17, 15) is 0 Å². The molecule has 15 heavy (non-hydrogen) atoms. The van der Waals surface area contributed by atoms with E-state index in [1.165, 1.54) is 12.8 Å². The molecular weight excluding hydrogens is 186 g/mol. The lowest BCUT2D eigenvalue weighted by Crippen LogP contribution is -2.09. The predicted octanol–water partition coefficient (Wildman–Crippen LogP) is 2.73. The van der Waals surface area contributed by atoms with Crippen molar-refractivity contribution in [2.45, 2.75) is 52.6 Å². The molecule has 0 saturated carbocycles. The summed E-state index contributed by atoms with van der Waals surface area (Å²) in [5.74, 6) is 0.695. The molecule has 0 amide bonds. The van der Waals surface area contributed by atoms with Gasteiger partial charge in [-0.25, -0.2) is 0 Å². The SMILES string of the molecule is CCCC(C)Cn1cc(C(N)CC)cn1. The van der Waals surface area contributed by atoms with Crippen molar-refractivity contribution in [1.29, 1.82) is 0 Å². The van der Waals surface area contributed by atoms with Crippen molar-refractivity contribution < 1.29 is 0 Å². The number of hydrogen-bond acceptors (Lipinski definition) is 2. The second-order valence-electron chi connectivity index (χ2n) is 4.40. The molecule has 1 aromatic heterocycles. The van der Waals surface area contributed by atoms with Gasteiger partial charge in [0.25, 0.3) is 0 Å². The van der Waals surface area contributed by atoms with Gasteiger partial charge in [-0.15, -0.1) is 0 Å². The Morgan fingerprint density at radius 2 is 2.20 bits per heavy atom. The maximum Gasteiger partial charge on any atom is 0.0537 e. The van der Waals surface area contributed by atoms with Crippen LogP contribution in [0.3, 0.4) is 0 Å². The minimum atomic E-state index is 0.139. The number of nitrogens with two attached hydrogens (primary N) is 1. The van der Waals surface area contributed by atoms with Gasteiger partial charge in [0.15, 0.2) is 0 Å². The van der Waals surface area contributed by atoms with Crippen LogP contribution in [0.1, 0.15) is 51.6 Å². The van der Waals surface area contributed by atoms with Crippen LogP contribution in [0, 0.1) is 5.92 Å². The van der Waals surface area contributed by atoms with Gasteiger partial charge in [0, 0.05) is 24.3 Å². The smallest absolute Gasteiger partial charge is 0.0537 e. The van der Waals surface area contributed by atoms with Crippen LogP contribution in [0.2, 0.25) is 0 Å². The fourth-order valence-electron chi connectivity index (χ4n) is 1.81. The third-order valence-electron chi connectivity index (χ3n) is 2.80. The highest BCUT2D eigenvalue weighted by atomic mass is 15.3. The molecular formula is C12H23N3. The van der Waals surface area contributed by atoms with E-state index in [-0.39, 0.29) is 6.04 Å². The molecule has 0 aromatic carbocycles. The van der Waals surface area contributed by atoms with Gasteiger partial charge >= 0.3 is 0 Å². The first-order valence-electron chi connectivity index (χ1n) is 5.95. The van der Waals surface area contributed by atoms with E-state index in [4.69, 9.17) is 5.73 Å². The average molecular weight is 209 g/mol. The van der Waals surface area contributed by atoms with Crippen molar-refractivity contribution >= 4 is 0 Å². The molecule has 3 nitrogen and oxygen atoms in total. The highest BCUT2D eigenvalue weighted by Gasteiger charge is 2.07. The highest BCUT2D eigenvalue weighted by Crippen LogP contribution is 2.14. The van der Waals surface area contributed by atoms with Crippen LogP contribution in [-0.4, -0.2) is 9.78 Å². The summed E-state index contributed by atoms with van der Waals surface area (Å²) in [6.07, 6.45) is 7.45. The molecule has 0 aliphatic rings. The summed E-state index contributed by atoms with van der Waals surface area (Å²) < 4.78 is 2.02. The van der Waals surface area contributed by atoms with E-state index >= 15 is 0 Å². The Labute approximate surface area is 92.7 Å². The molecule has 0 saturated heterocycles. The van der Waals surface area contributed by atoms with Crippen molar-refractivity contribution in [3.8, 4) is 0 Å². The second kappa shape index (κ2) is 5.91. The molecule has 1 aromatic rings. The molecule has 86 valence electrons. The van der Waals surface area contributed by atoms with Gasteiger partial charge in [-0.05, 0) is 18.8 Å². The average Bonchev–Trinajstić information content (AvgIpc) is 2.65. The molecule has 0 radical (unpaired) electrons. The van der Waals surface area contributed by atoms with E-state index in [2.05, 4.69) is 32.1 Å². The molecule has 0 spiro atoms. The van der Waals surface area contributed by atoms with Gasteiger partial charge < -0.3 is 5.73 Å². The monoisotopic (exact) mass is 209 g/mol. The zero-order valence-corrected chi connectivity index (χ0v) is 10.1. The van der Waals surface area contributed by atoms with Gasteiger partial charge in [-0.3, -0.25) is 4.68 Å². The van der Waals surface area contributed by atoms with Gasteiger partial charge in [0.1, 0.15) is 0 Å². The van der Waals surface area contributed by atoms with Crippen molar-refractivity contribution in [2.75, 3.05) is 0 Å². The second-order valence-corrected chi connectivity index (χ2v) is 4.40. The van der Waals surface area contributed by atoms with Crippen LogP contribution < -0.4 is 5.73 Å². The number of hydrogen-bond donors (Lipinski definition) is 1. The lowest BCUT2D eigenvalue weighted by atomic mass is 10.1. The van der Waals surface area contributed by atoms with Crippen molar-refractivity contribution in [2.24, 2.45) is 11.7 Å². The first kappa shape index (κ1) is 12.2. The van der Waals surface area contributed by atoms with Crippen LogP contribution >= 0.6 is 0 Å². The van der Waals surface area contributed by atoms with E-state index < -0.39 is 0 Å². The first-order valence-corrected chi connectivity index (χ1v) is 5.95. The molecule has 2 N–H and O–H groups in total. The minimum absolute atomic E-state index is 0.139. The summed E-state index contributed by atoms with van der Waals surface area (Å²) in [5, 5.41) is 4.34. The Morgan fingerprint density at radius 3 is 2.80 bits per heavy atom. The Balaban J connectivity index is 2.52. The number of nitrogens with zero attached hydrogens (tertiary/aromatic N) is 2. The highest BCUT2D eigenvalue weighted by molar-refractivity contribution is 5.09. The molecule has 1 rings (SSSR count). The first-order chi connectivity index (χ1) is 7.17. The van der Waals surface area contributed by atoms with Crippen molar-refractivity contribution in [1.82, 2.24) is 9.78 Å². The minimum Gasteiger partial charge on any atom is -0.324 e. The molecule has 0 fully saturated rings. The predicted molar refractivity (Wildman–Crippen MR) is 63.5 cm³/mol. The van der Waals surface area contributed by atoms with E-state index in [1.54, 1.807) is 0 Å². The molecule has 2 atom stereocenters. The summed E-state index contributed by atoms with van der Waals surface area (Å²) in [6, 6.07) is 0.139. The molecule has 1 heterocycles. The van der Waals surface area contributed by atoms with Gasteiger partial charge in [-0.2, -0.15) is 5.10 Å². The molecule has 0 aliphatic heterocycles. The zero-order chi connectivity index (χ0) is 11.3. The van der Waals surface area contributed by atoms with Gasteiger partial charge in [0.2, 0.25) is 0 Å². The fraction of sp³-hybridized carbons (Fsp3) is 0.750. The molecule has 3 heteroatoms. The summed E-state index contributed by atoms with van der Waals surface area (Å²) >= 11 is 0. The van der Waals surface area contributed by atoms with Crippen molar-refractivity contribution in [3.63, 3.8) is 0 Å². The third-order valence-corrected chi connectivity index (χ3v) is 2.80. The van der Waals surface area contributed by atoms with Crippen LogP contribution in [0.15, 0.2) is 12.4 Å². The van der Waals surface area contributed by atoms with E-state index in [1.807, 2.05) is 10.9 Å². The molecule has 0 aliphatic carbocycles. The van der Waals surface area contributed by atoms with Gasteiger partial charge in [-0.1, -0.05) is 27.2 Å². The lowest BCUT2D eigenvalue weighted by molar-refractivity contribution is 0.420. The third kappa shape index (κ3) is 3.67. The maximum atomic E-state index is 5.94. The quantitative estimate of drug-likeness (QED) is 0.783. The Kier molecular flexibility index (Phi) is 4.82. The van der Waals surface area contributed by atoms with Crippen LogP contribution in [0.25, 0.3) is 0 Å². The van der Waals surface area contributed by atoms with Crippen LogP contribution in [0.4, 0.5) is 0 Å². The molecule has 0 bridgehead atoms. The summed E-state index contributed by atoms with van der Waals surface area (Å²) in [4.78, 5) is 0. The van der Waals surface area contributed by atoms with Crippen LogP contribution in [0.5, 0.6) is 0 Å². The van der Waals surface area contributed by atoms with E-state index in [0.717, 1.165) is 18.5 Å². The molecule has 2 unspecified atom stereocenters. The van der Waals surface area contributed by atoms with Crippen molar-refractivity contribution in [3.05, 3.63) is 18.0 Å². The standard InChI is InChI=1S/C12H23N3/c1-4-6-10(3)8-15-9-11(7-14-15)12(13)5-2/h7,9-10,12H,4-6,8,13H2,1-3H3. The number of rotatable bonds is 6. The zero-order valence-electron chi connectivity index (χ0n) is 10.1. The summed E-state index contributed by atoms with van der Waals surface area (Å²) in [6.45, 7) is 7.59. The Morgan fingerprint density at radius 1 is 1.47 bits per heavy atom. The van der Waals surface area contributed by atoms with E-state index in [0.29, 0.717) is 5.92 Å². The van der Waals surface area contributed by atoms with Crippen LogP contribution in [-0.2, 0) is 6.54 Å². The normalized spacial score (nSPS) is 15.2. The largest absolute Gasteiger partial charge is 0.324 e. The Bertz CT molecular complexity index is 280. The number of aromatic nitrogens is 2. The Hall–Kier alpha value is -0.830. The topological polar surface area (TPSA) is 43.8 Å². The lowest BCUT2D eigenvalue weighted by Gasteiger charge is -2.09. The summed E-state index contributed by atoms with van der Waals surface area (Å²) in [7, 11) is 0. The fourth-order valence-corrected chi connectivity index (χ4v) is 1.81. The van der Waals surface area contributed by atoms with Gasteiger partial charge in [0.05, 0.1) is 6.20 Å². The summed E-state index contributed by atoms with van der Waals surface area (Å²) in [5.41, 5.74) is 7.10.